The van der Waals surface area contributed by atoms with Crippen molar-refractivity contribution >= 4 is 17.6 Å². The van der Waals surface area contributed by atoms with Crippen LogP contribution in [-0.4, -0.2) is 15.7 Å². The predicted octanol–water partition coefficient (Wildman–Crippen LogP) is 2.78. The number of nitrogens with two attached hydrogens (primary N) is 1. The second kappa shape index (κ2) is 6.70. The van der Waals surface area contributed by atoms with Crippen LogP contribution in [0.1, 0.15) is 45.1 Å². The summed E-state index contributed by atoms with van der Waals surface area (Å²) in [4.78, 5) is 8.48. The van der Waals surface area contributed by atoms with E-state index in [1.165, 1.54) is 12.8 Å². The smallest absolute Gasteiger partial charge is 0.147 e. The standard InChI is InChI=1S/C11H20N4S/c1-4-5-6-16-11-9(8(2)3)10(15-12)13-7-14-11/h7-8H,4-6,12H2,1-3H3,(H,13,14,15). The van der Waals surface area contributed by atoms with Gasteiger partial charge in [0.25, 0.3) is 0 Å². The molecule has 1 rings (SSSR count). The number of unbranched alkanes of at least 4 members (excludes halogenated alkanes) is 1. The lowest BCUT2D eigenvalue weighted by molar-refractivity contribution is 0.802. The summed E-state index contributed by atoms with van der Waals surface area (Å²) in [5, 5.41) is 1.05. The van der Waals surface area contributed by atoms with Crippen molar-refractivity contribution in [3.8, 4) is 0 Å². The van der Waals surface area contributed by atoms with Crippen molar-refractivity contribution in [1.29, 1.82) is 0 Å². The Morgan fingerprint density at radius 3 is 2.75 bits per heavy atom. The van der Waals surface area contributed by atoms with Gasteiger partial charge in [-0.2, -0.15) is 0 Å². The van der Waals surface area contributed by atoms with Crippen LogP contribution >= 0.6 is 11.8 Å². The Labute approximate surface area is 101 Å². The molecule has 0 bridgehead atoms. The van der Waals surface area contributed by atoms with Crippen LogP contribution in [0.25, 0.3) is 0 Å². The summed E-state index contributed by atoms with van der Waals surface area (Å²) in [5.41, 5.74) is 3.76. The van der Waals surface area contributed by atoms with E-state index in [-0.39, 0.29) is 0 Å². The maximum absolute atomic E-state index is 5.46. The molecule has 16 heavy (non-hydrogen) atoms. The van der Waals surface area contributed by atoms with Crippen molar-refractivity contribution in [2.45, 2.75) is 44.6 Å². The summed E-state index contributed by atoms with van der Waals surface area (Å²) in [6.07, 6.45) is 3.98. The summed E-state index contributed by atoms with van der Waals surface area (Å²) in [7, 11) is 0. The number of nitrogens with zero attached hydrogens (tertiary/aromatic N) is 2. The highest BCUT2D eigenvalue weighted by molar-refractivity contribution is 7.99. The zero-order valence-electron chi connectivity index (χ0n) is 10.2. The lowest BCUT2D eigenvalue weighted by atomic mass is 10.1. The number of nitrogen functional groups attached to an aromatic ring is 1. The summed E-state index contributed by atoms with van der Waals surface area (Å²) in [6, 6.07) is 0. The number of hydrazine groups is 1. The number of nitrogens with one attached hydrogen (secondary N) is 1. The zero-order chi connectivity index (χ0) is 12.0. The molecule has 3 N–H and O–H groups in total. The van der Waals surface area contributed by atoms with Crippen molar-refractivity contribution in [2.24, 2.45) is 5.84 Å². The molecule has 0 aromatic carbocycles. The molecular formula is C11H20N4S. The topological polar surface area (TPSA) is 63.8 Å². The van der Waals surface area contributed by atoms with Gasteiger partial charge in [-0.05, 0) is 18.1 Å². The van der Waals surface area contributed by atoms with Gasteiger partial charge in [-0.3, -0.25) is 0 Å². The van der Waals surface area contributed by atoms with Gasteiger partial charge in [0, 0.05) is 5.56 Å². The van der Waals surface area contributed by atoms with Gasteiger partial charge in [-0.1, -0.05) is 27.2 Å². The molecule has 4 nitrogen and oxygen atoms in total. The first-order valence-electron chi connectivity index (χ1n) is 5.65. The molecule has 0 unspecified atom stereocenters. The van der Waals surface area contributed by atoms with E-state index >= 15 is 0 Å². The maximum atomic E-state index is 5.46. The summed E-state index contributed by atoms with van der Waals surface area (Å²) in [5.74, 6) is 7.67. The van der Waals surface area contributed by atoms with E-state index in [4.69, 9.17) is 5.84 Å². The minimum atomic E-state index is 0.372. The number of thioether (sulfide) groups is 1. The molecule has 0 amide bonds. The van der Waals surface area contributed by atoms with E-state index in [0.29, 0.717) is 5.92 Å². The van der Waals surface area contributed by atoms with Gasteiger partial charge in [-0.25, -0.2) is 15.8 Å². The van der Waals surface area contributed by atoms with E-state index in [1.54, 1.807) is 18.1 Å². The molecule has 5 heteroatoms. The number of hydrogen-bond acceptors (Lipinski definition) is 5. The molecule has 90 valence electrons. The summed E-state index contributed by atoms with van der Waals surface area (Å²) >= 11 is 1.78. The van der Waals surface area contributed by atoms with E-state index in [2.05, 4.69) is 36.2 Å². The fraction of sp³-hybridized carbons (Fsp3) is 0.636. The minimum absolute atomic E-state index is 0.372. The first-order chi connectivity index (χ1) is 7.70. The van der Waals surface area contributed by atoms with Gasteiger partial charge < -0.3 is 5.43 Å². The lowest BCUT2D eigenvalue weighted by Crippen LogP contribution is -2.13. The Morgan fingerprint density at radius 1 is 1.44 bits per heavy atom. The second-order valence-electron chi connectivity index (χ2n) is 3.94. The third-order valence-corrected chi connectivity index (χ3v) is 3.39. The molecule has 0 aliphatic rings. The molecular weight excluding hydrogens is 220 g/mol. The predicted molar refractivity (Wildman–Crippen MR) is 69.6 cm³/mol. The largest absolute Gasteiger partial charge is 0.308 e. The molecule has 0 aliphatic carbocycles. The van der Waals surface area contributed by atoms with E-state index in [1.807, 2.05) is 0 Å². The summed E-state index contributed by atoms with van der Waals surface area (Å²) in [6.45, 7) is 6.45. The van der Waals surface area contributed by atoms with Crippen LogP contribution < -0.4 is 11.3 Å². The second-order valence-corrected chi connectivity index (χ2v) is 5.03. The molecule has 1 aromatic heterocycles. The van der Waals surface area contributed by atoms with Crippen LogP contribution in [0.5, 0.6) is 0 Å². The van der Waals surface area contributed by atoms with Crippen LogP contribution in [0.2, 0.25) is 0 Å². The molecule has 0 aliphatic heterocycles. The van der Waals surface area contributed by atoms with Gasteiger partial charge in [0.05, 0.1) is 0 Å². The average Bonchev–Trinajstić information content (AvgIpc) is 2.28. The van der Waals surface area contributed by atoms with E-state index in [9.17, 15) is 0 Å². The van der Waals surface area contributed by atoms with Crippen molar-refractivity contribution in [1.82, 2.24) is 9.97 Å². The van der Waals surface area contributed by atoms with Gasteiger partial charge in [0.15, 0.2) is 0 Å². The summed E-state index contributed by atoms with van der Waals surface area (Å²) < 4.78 is 0. The maximum Gasteiger partial charge on any atom is 0.147 e. The van der Waals surface area contributed by atoms with Crippen molar-refractivity contribution in [2.75, 3.05) is 11.2 Å². The number of aromatic nitrogens is 2. The molecule has 0 spiro atoms. The van der Waals surface area contributed by atoms with E-state index < -0.39 is 0 Å². The van der Waals surface area contributed by atoms with Gasteiger partial charge >= 0.3 is 0 Å². The highest BCUT2D eigenvalue weighted by atomic mass is 32.2. The van der Waals surface area contributed by atoms with Crippen molar-refractivity contribution in [3.63, 3.8) is 0 Å². The van der Waals surface area contributed by atoms with Crippen LogP contribution in [-0.2, 0) is 0 Å². The Hall–Kier alpha value is -0.810. The fourth-order valence-electron chi connectivity index (χ4n) is 1.44. The quantitative estimate of drug-likeness (QED) is 0.263. The number of hydrogen-bond donors (Lipinski definition) is 2. The Kier molecular flexibility index (Phi) is 5.55. The fourth-order valence-corrected chi connectivity index (χ4v) is 2.68. The SMILES string of the molecule is CCCCSc1ncnc(NN)c1C(C)C. The Balaban J connectivity index is 2.89. The van der Waals surface area contributed by atoms with Crippen LogP contribution in [0, 0.1) is 0 Å². The number of rotatable bonds is 6. The average molecular weight is 240 g/mol. The van der Waals surface area contributed by atoms with Crippen molar-refractivity contribution < 1.29 is 0 Å². The highest BCUT2D eigenvalue weighted by Crippen LogP contribution is 2.31. The molecule has 0 fully saturated rings. The third kappa shape index (κ3) is 3.35. The Morgan fingerprint density at radius 2 is 2.19 bits per heavy atom. The monoisotopic (exact) mass is 240 g/mol. The van der Waals surface area contributed by atoms with Gasteiger partial charge in [-0.15, -0.1) is 11.8 Å². The Bertz CT molecular complexity index is 328. The molecule has 1 heterocycles. The first-order valence-corrected chi connectivity index (χ1v) is 6.63. The zero-order valence-corrected chi connectivity index (χ0v) is 11.0. The van der Waals surface area contributed by atoms with Crippen molar-refractivity contribution in [3.05, 3.63) is 11.9 Å². The molecule has 1 aromatic rings. The third-order valence-electron chi connectivity index (χ3n) is 2.30. The molecule has 0 saturated carbocycles. The van der Waals surface area contributed by atoms with Crippen LogP contribution in [0.4, 0.5) is 5.82 Å². The molecule has 0 radical (unpaired) electrons. The van der Waals surface area contributed by atoms with Gasteiger partial charge in [0.1, 0.15) is 17.2 Å². The van der Waals surface area contributed by atoms with Crippen LogP contribution in [0.15, 0.2) is 11.4 Å². The lowest BCUT2D eigenvalue weighted by Gasteiger charge is -2.14. The minimum Gasteiger partial charge on any atom is -0.308 e. The normalized spacial score (nSPS) is 10.8. The molecule has 0 atom stereocenters. The first kappa shape index (κ1) is 13.3. The highest BCUT2D eigenvalue weighted by Gasteiger charge is 2.14. The number of anilines is 1. The van der Waals surface area contributed by atoms with Crippen LogP contribution in [0.3, 0.4) is 0 Å². The molecule has 0 saturated heterocycles. The van der Waals surface area contributed by atoms with Gasteiger partial charge in [0.2, 0.25) is 0 Å². The van der Waals surface area contributed by atoms with E-state index in [0.717, 1.165) is 22.2 Å².